The Bertz CT molecular complexity index is 1950. The van der Waals surface area contributed by atoms with Crippen LogP contribution < -0.4 is 37.6 Å². The zero-order valence-electron chi connectivity index (χ0n) is 36.7. The van der Waals surface area contributed by atoms with Crippen molar-refractivity contribution in [1.29, 1.82) is 0 Å². The van der Waals surface area contributed by atoms with E-state index in [0.717, 1.165) is 4.90 Å². The molecule has 8 atom stereocenters. The van der Waals surface area contributed by atoms with E-state index in [1.54, 1.807) is 74.5 Å². The van der Waals surface area contributed by atoms with Crippen molar-refractivity contribution in [2.45, 2.75) is 122 Å². The number of aliphatic hydroxyl groups is 1. The summed E-state index contributed by atoms with van der Waals surface area (Å²) in [5.74, 6) is -9.00. The van der Waals surface area contributed by atoms with Crippen LogP contribution in [0.3, 0.4) is 0 Å². The number of hydrogen-bond donors (Lipinski definition) is 10. The van der Waals surface area contributed by atoms with Gasteiger partial charge in [0.1, 0.15) is 36.3 Å². The van der Waals surface area contributed by atoms with Crippen molar-refractivity contribution in [2.24, 2.45) is 17.6 Å². The van der Waals surface area contributed by atoms with Crippen LogP contribution in [0.4, 0.5) is 0 Å². The standard InChI is InChI=1S/C44H62N8O12/c1-24(2)19-29(45)38(57)50-36(25(3)4)42(61)51-37(26(5)53)41(60)46-23-34(54)47-30(20-27-13-8-6-9-14-27)39(58)48-31(22-35(55)56)43(62)52-18-12-17-33(52)40(59)49-32(44(63)64)21-28-15-10-7-11-16-28/h6-11,13-16,24-26,29-33,36-37,53H,12,17-23,45H2,1-5H3,(H,46,60)(H,47,54)(H,48,58)(H,49,59)(H,50,57)(H,51,61)(H,55,56)(H,63,64). The first kappa shape index (κ1) is 51.9. The van der Waals surface area contributed by atoms with Gasteiger partial charge in [-0.15, -0.1) is 0 Å². The number of aliphatic hydroxyl groups excluding tert-OH is 1. The minimum Gasteiger partial charge on any atom is -0.481 e. The molecule has 1 saturated heterocycles. The van der Waals surface area contributed by atoms with Crippen molar-refractivity contribution >= 4 is 53.3 Å². The van der Waals surface area contributed by atoms with Gasteiger partial charge in [-0.2, -0.15) is 0 Å². The molecule has 2 aromatic carbocycles. The molecule has 1 heterocycles. The molecule has 0 aliphatic carbocycles. The summed E-state index contributed by atoms with van der Waals surface area (Å²) in [5, 5.41) is 44.8. The number of nitrogens with zero attached hydrogens (tertiary/aromatic N) is 1. The number of carbonyl (C=O) groups is 9. The summed E-state index contributed by atoms with van der Waals surface area (Å²) in [6.07, 6.45) is -1.72. The Balaban J connectivity index is 1.74. The first-order valence-electron chi connectivity index (χ1n) is 21.2. The van der Waals surface area contributed by atoms with E-state index in [-0.39, 0.29) is 31.7 Å². The van der Waals surface area contributed by atoms with Gasteiger partial charge in [-0.3, -0.25) is 38.4 Å². The highest BCUT2D eigenvalue weighted by Gasteiger charge is 2.40. The smallest absolute Gasteiger partial charge is 0.326 e. The largest absolute Gasteiger partial charge is 0.481 e. The van der Waals surface area contributed by atoms with Gasteiger partial charge < -0.3 is 57.9 Å². The van der Waals surface area contributed by atoms with Crippen molar-refractivity contribution in [3.63, 3.8) is 0 Å². The molecule has 2 aromatic rings. The quantitative estimate of drug-likeness (QED) is 0.0604. The molecular formula is C44H62N8O12. The van der Waals surface area contributed by atoms with Gasteiger partial charge >= 0.3 is 11.9 Å². The van der Waals surface area contributed by atoms with Crippen LogP contribution in [0.15, 0.2) is 60.7 Å². The minimum atomic E-state index is -1.71. The highest BCUT2D eigenvalue weighted by molar-refractivity contribution is 5.98. The molecule has 1 aliphatic rings. The number of carboxylic acid groups (broad SMARTS) is 2. The van der Waals surface area contributed by atoms with Gasteiger partial charge in [0.05, 0.1) is 25.1 Å². The fourth-order valence-corrected chi connectivity index (χ4v) is 7.11. The van der Waals surface area contributed by atoms with E-state index in [1.165, 1.54) is 6.92 Å². The number of nitrogens with one attached hydrogen (secondary N) is 6. The lowest BCUT2D eigenvalue weighted by molar-refractivity contribution is -0.147. The van der Waals surface area contributed by atoms with Crippen LogP contribution in [0.1, 0.15) is 71.4 Å². The molecule has 0 spiro atoms. The van der Waals surface area contributed by atoms with E-state index in [2.05, 4.69) is 31.9 Å². The topological polar surface area (TPSA) is 316 Å². The molecular weight excluding hydrogens is 833 g/mol. The third kappa shape index (κ3) is 16.4. The van der Waals surface area contributed by atoms with Crippen LogP contribution in [-0.4, -0.2) is 135 Å². The minimum absolute atomic E-state index is 0.0103. The van der Waals surface area contributed by atoms with Crippen molar-refractivity contribution in [3.8, 4) is 0 Å². The number of amides is 7. The maximum Gasteiger partial charge on any atom is 0.326 e. The van der Waals surface area contributed by atoms with Crippen LogP contribution in [0.5, 0.6) is 0 Å². The molecule has 64 heavy (non-hydrogen) atoms. The molecule has 0 bridgehead atoms. The lowest BCUT2D eigenvalue weighted by atomic mass is 10.00. The number of nitrogens with two attached hydrogens (primary N) is 1. The Morgan fingerprint density at radius 3 is 1.77 bits per heavy atom. The second kappa shape index (κ2) is 25.0. The second-order valence-electron chi connectivity index (χ2n) is 16.7. The third-order valence-electron chi connectivity index (χ3n) is 10.5. The number of rotatable bonds is 24. The zero-order valence-corrected chi connectivity index (χ0v) is 36.7. The Hall–Kier alpha value is -6.41. The van der Waals surface area contributed by atoms with Crippen LogP contribution >= 0.6 is 0 Å². The van der Waals surface area contributed by atoms with E-state index >= 15 is 0 Å². The summed E-state index contributed by atoms with van der Waals surface area (Å²) in [5.41, 5.74) is 7.19. The van der Waals surface area contributed by atoms with Gasteiger partial charge in [-0.05, 0) is 49.1 Å². The molecule has 11 N–H and O–H groups in total. The van der Waals surface area contributed by atoms with Crippen molar-refractivity contribution in [3.05, 3.63) is 71.8 Å². The average Bonchev–Trinajstić information content (AvgIpc) is 3.73. The summed E-state index contributed by atoms with van der Waals surface area (Å²) in [7, 11) is 0. The molecule has 350 valence electrons. The molecule has 7 amide bonds. The Morgan fingerprint density at radius 2 is 1.25 bits per heavy atom. The molecule has 8 unspecified atom stereocenters. The first-order valence-corrected chi connectivity index (χ1v) is 21.2. The van der Waals surface area contributed by atoms with E-state index in [9.17, 15) is 58.5 Å². The molecule has 3 rings (SSSR count). The predicted octanol–water partition coefficient (Wildman–Crippen LogP) is -1.03. The van der Waals surface area contributed by atoms with Crippen LogP contribution in [-0.2, 0) is 56.0 Å². The number of benzene rings is 2. The van der Waals surface area contributed by atoms with Crippen LogP contribution in [0, 0.1) is 11.8 Å². The molecule has 0 radical (unpaired) electrons. The fraction of sp³-hybridized carbons (Fsp3) is 0.523. The average molecular weight is 895 g/mol. The van der Waals surface area contributed by atoms with Crippen molar-refractivity contribution < 1.29 is 58.5 Å². The van der Waals surface area contributed by atoms with Gasteiger partial charge in [0.2, 0.25) is 41.4 Å². The maximum atomic E-state index is 14.0. The van der Waals surface area contributed by atoms with E-state index in [1.807, 2.05) is 13.8 Å². The van der Waals surface area contributed by atoms with E-state index < -0.39 is 121 Å². The van der Waals surface area contributed by atoms with E-state index in [0.29, 0.717) is 24.0 Å². The van der Waals surface area contributed by atoms with Gasteiger partial charge in [-0.25, -0.2) is 4.79 Å². The predicted molar refractivity (Wildman–Crippen MR) is 232 cm³/mol. The maximum absolute atomic E-state index is 14.0. The summed E-state index contributed by atoms with van der Waals surface area (Å²) >= 11 is 0. The van der Waals surface area contributed by atoms with Crippen LogP contribution in [0.25, 0.3) is 0 Å². The van der Waals surface area contributed by atoms with Crippen molar-refractivity contribution in [1.82, 2.24) is 36.8 Å². The lowest BCUT2D eigenvalue weighted by Gasteiger charge is -2.30. The van der Waals surface area contributed by atoms with Gasteiger partial charge in [-0.1, -0.05) is 88.4 Å². The number of carbonyl (C=O) groups excluding carboxylic acids is 7. The lowest BCUT2D eigenvalue weighted by Crippen LogP contribution is -2.60. The number of aliphatic carboxylic acids is 2. The normalized spacial score (nSPS) is 16.8. The molecule has 20 nitrogen and oxygen atoms in total. The first-order chi connectivity index (χ1) is 30.2. The third-order valence-corrected chi connectivity index (χ3v) is 10.5. The molecule has 20 heteroatoms. The molecule has 0 aromatic heterocycles. The Labute approximate surface area is 371 Å². The Morgan fingerprint density at radius 1 is 0.688 bits per heavy atom. The van der Waals surface area contributed by atoms with Gasteiger partial charge in [0.15, 0.2) is 0 Å². The molecule has 0 saturated carbocycles. The van der Waals surface area contributed by atoms with Crippen molar-refractivity contribution in [2.75, 3.05) is 13.1 Å². The zero-order chi connectivity index (χ0) is 47.7. The Kier molecular flexibility index (Phi) is 20.3. The van der Waals surface area contributed by atoms with Gasteiger partial charge in [0, 0.05) is 19.4 Å². The number of likely N-dealkylation sites (tertiary alicyclic amines) is 1. The molecule has 1 fully saturated rings. The van der Waals surface area contributed by atoms with Gasteiger partial charge in [0.25, 0.3) is 0 Å². The monoisotopic (exact) mass is 894 g/mol. The fourth-order valence-electron chi connectivity index (χ4n) is 7.11. The summed E-state index contributed by atoms with van der Waals surface area (Å²) in [6.45, 7) is 7.58. The highest BCUT2D eigenvalue weighted by Crippen LogP contribution is 2.20. The summed E-state index contributed by atoms with van der Waals surface area (Å²) in [4.78, 5) is 119. The second-order valence-corrected chi connectivity index (χ2v) is 16.7. The number of carboxylic acids is 2. The summed E-state index contributed by atoms with van der Waals surface area (Å²) < 4.78 is 0. The summed E-state index contributed by atoms with van der Waals surface area (Å²) in [6, 6.07) is 7.73. The highest BCUT2D eigenvalue weighted by atomic mass is 16.4. The molecule has 1 aliphatic heterocycles. The number of hydrogen-bond acceptors (Lipinski definition) is 11. The SMILES string of the molecule is CC(C)CC(N)C(=O)NC(C(=O)NC(C(=O)NCC(=O)NC(Cc1ccccc1)C(=O)NC(CC(=O)O)C(=O)N1CCCC1C(=O)NC(Cc1ccccc1)C(=O)O)C(C)O)C(C)C. The van der Waals surface area contributed by atoms with Crippen LogP contribution in [0.2, 0.25) is 0 Å². The van der Waals surface area contributed by atoms with E-state index in [4.69, 9.17) is 5.73 Å².